The van der Waals surface area contributed by atoms with Gasteiger partial charge in [0.2, 0.25) is 11.8 Å². The lowest BCUT2D eigenvalue weighted by atomic mass is 10.1. The molecule has 1 saturated heterocycles. The second kappa shape index (κ2) is 8.92. The molecule has 0 radical (unpaired) electrons. The summed E-state index contributed by atoms with van der Waals surface area (Å²) in [6.45, 7) is 6.16. The van der Waals surface area contributed by atoms with Crippen LogP contribution in [0, 0.1) is 5.92 Å². The van der Waals surface area contributed by atoms with Gasteiger partial charge in [0, 0.05) is 20.1 Å². The lowest BCUT2D eigenvalue weighted by molar-refractivity contribution is -0.135. The van der Waals surface area contributed by atoms with Gasteiger partial charge in [-0.05, 0) is 38.9 Å². The van der Waals surface area contributed by atoms with Crippen LogP contribution in [-0.4, -0.2) is 75.0 Å². The van der Waals surface area contributed by atoms with Crippen LogP contribution in [0.2, 0.25) is 0 Å². The van der Waals surface area contributed by atoms with Gasteiger partial charge in [-0.25, -0.2) is 0 Å². The molecule has 1 atom stereocenters. The maximum absolute atomic E-state index is 12.1. The Morgan fingerprint density at radius 2 is 2.15 bits per heavy atom. The smallest absolute Gasteiger partial charge is 0.239 e. The van der Waals surface area contributed by atoms with Crippen molar-refractivity contribution in [1.29, 1.82) is 0 Å². The maximum Gasteiger partial charge on any atom is 0.239 e. The number of hydrogen-bond donors (Lipinski definition) is 2. The first-order valence-electron chi connectivity index (χ1n) is 7.44. The summed E-state index contributed by atoms with van der Waals surface area (Å²) in [6.07, 6.45) is 2.04. The highest BCUT2D eigenvalue weighted by atomic mass is 16.2. The van der Waals surface area contributed by atoms with Crippen LogP contribution in [0.3, 0.4) is 0 Å². The number of likely N-dealkylation sites (tertiary alicyclic amines) is 1. The van der Waals surface area contributed by atoms with Crippen molar-refractivity contribution < 1.29 is 9.59 Å². The van der Waals surface area contributed by atoms with Crippen LogP contribution in [0.1, 0.15) is 19.8 Å². The number of hydrogen-bond acceptors (Lipinski definition) is 4. The molecule has 0 aromatic carbocycles. The number of carbonyl (C=O) groups excluding carboxylic acids is 2. The van der Waals surface area contributed by atoms with Gasteiger partial charge < -0.3 is 15.5 Å². The van der Waals surface area contributed by atoms with Gasteiger partial charge in [-0.15, -0.1) is 0 Å². The third kappa shape index (κ3) is 5.88. The van der Waals surface area contributed by atoms with E-state index in [1.165, 1.54) is 4.90 Å². The van der Waals surface area contributed by atoms with Crippen LogP contribution in [0.25, 0.3) is 0 Å². The molecule has 2 N–H and O–H groups in total. The fraction of sp³-hybridized carbons (Fsp3) is 0.857. The van der Waals surface area contributed by atoms with Crippen LogP contribution >= 0.6 is 0 Å². The van der Waals surface area contributed by atoms with Gasteiger partial charge in [-0.1, -0.05) is 6.92 Å². The van der Waals surface area contributed by atoms with E-state index in [0.717, 1.165) is 32.5 Å². The quantitative estimate of drug-likeness (QED) is 0.631. The summed E-state index contributed by atoms with van der Waals surface area (Å²) in [7, 11) is 3.64. The molecule has 1 rings (SSSR count). The topological polar surface area (TPSA) is 64.7 Å². The Kier molecular flexibility index (Phi) is 7.54. The third-order valence-electron chi connectivity index (χ3n) is 3.60. The molecular formula is C14H28N4O2. The summed E-state index contributed by atoms with van der Waals surface area (Å²) in [4.78, 5) is 27.3. The Labute approximate surface area is 121 Å². The van der Waals surface area contributed by atoms with Gasteiger partial charge in [-0.3, -0.25) is 14.5 Å². The number of carbonyl (C=O) groups is 2. The highest BCUT2D eigenvalue weighted by Crippen LogP contribution is 2.14. The minimum absolute atomic E-state index is 0.0155. The predicted molar refractivity (Wildman–Crippen MR) is 79.4 cm³/mol. The van der Waals surface area contributed by atoms with Gasteiger partial charge >= 0.3 is 0 Å². The van der Waals surface area contributed by atoms with Crippen molar-refractivity contribution in [3.63, 3.8) is 0 Å². The van der Waals surface area contributed by atoms with Gasteiger partial charge in [0.15, 0.2) is 0 Å². The number of nitrogens with one attached hydrogen (secondary N) is 2. The molecule has 0 aromatic heterocycles. The van der Waals surface area contributed by atoms with Crippen LogP contribution in [0.15, 0.2) is 0 Å². The molecule has 1 unspecified atom stereocenters. The average molecular weight is 284 g/mol. The Bertz CT molecular complexity index is 322. The summed E-state index contributed by atoms with van der Waals surface area (Å²) in [5.41, 5.74) is 0. The summed E-state index contributed by atoms with van der Waals surface area (Å²) in [5.74, 6) is 0.560. The number of nitrogens with zero attached hydrogens (tertiary/aromatic N) is 2. The first-order valence-corrected chi connectivity index (χ1v) is 7.44. The van der Waals surface area contributed by atoms with Crippen molar-refractivity contribution in [2.75, 3.05) is 53.4 Å². The van der Waals surface area contributed by atoms with Crippen molar-refractivity contribution >= 4 is 11.8 Å². The largest absolute Gasteiger partial charge is 0.355 e. The standard InChI is InChI=1S/C14H28N4O2/c1-4-6-16-13(19)10-17(3)14(20)11-18-7-5-12(9-18)8-15-2/h12,15H,4-11H2,1-3H3,(H,16,19). The fourth-order valence-corrected chi connectivity index (χ4v) is 2.45. The second-order valence-corrected chi connectivity index (χ2v) is 5.55. The van der Waals surface area contributed by atoms with E-state index in [9.17, 15) is 9.59 Å². The molecule has 2 amide bonds. The molecule has 1 fully saturated rings. The lowest BCUT2D eigenvalue weighted by Gasteiger charge is -2.21. The van der Waals surface area contributed by atoms with E-state index in [0.29, 0.717) is 19.0 Å². The fourth-order valence-electron chi connectivity index (χ4n) is 2.45. The van der Waals surface area contributed by atoms with Crippen LogP contribution in [0.4, 0.5) is 0 Å². The Morgan fingerprint density at radius 3 is 2.80 bits per heavy atom. The minimum Gasteiger partial charge on any atom is -0.355 e. The molecular weight excluding hydrogens is 256 g/mol. The molecule has 0 saturated carbocycles. The highest BCUT2D eigenvalue weighted by Gasteiger charge is 2.24. The van der Waals surface area contributed by atoms with Crippen molar-refractivity contribution in [1.82, 2.24) is 20.4 Å². The zero-order valence-corrected chi connectivity index (χ0v) is 12.9. The first kappa shape index (κ1) is 16.9. The van der Waals surface area contributed by atoms with Crippen molar-refractivity contribution in [2.45, 2.75) is 19.8 Å². The predicted octanol–water partition coefficient (Wildman–Crippen LogP) is -0.488. The summed E-state index contributed by atoms with van der Waals surface area (Å²) < 4.78 is 0. The molecule has 0 aliphatic carbocycles. The van der Waals surface area contributed by atoms with E-state index in [2.05, 4.69) is 15.5 Å². The second-order valence-electron chi connectivity index (χ2n) is 5.55. The normalized spacial score (nSPS) is 19.1. The van der Waals surface area contributed by atoms with Crippen LogP contribution in [-0.2, 0) is 9.59 Å². The average Bonchev–Trinajstić information content (AvgIpc) is 2.84. The van der Waals surface area contributed by atoms with Gasteiger partial charge in [0.1, 0.15) is 0 Å². The molecule has 6 nitrogen and oxygen atoms in total. The van der Waals surface area contributed by atoms with Gasteiger partial charge in [0.05, 0.1) is 13.1 Å². The Hall–Kier alpha value is -1.14. The number of likely N-dealkylation sites (N-methyl/N-ethyl adjacent to an activating group) is 1. The van der Waals surface area contributed by atoms with E-state index in [1.807, 2.05) is 14.0 Å². The van der Waals surface area contributed by atoms with Crippen molar-refractivity contribution in [3.8, 4) is 0 Å². The molecule has 0 spiro atoms. The Balaban J connectivity index is 2.26. The molecule has 116 valence electrons. The van der Waals surface area contributed by atoms with Crippen molar-refractivity contribution in [2.24, 2.45) is 5.92 Å². The SMILES string of the molecule is CCCNC(=O)CN(C)C(=O)CN1CCC(CNC)C1. The van der Waals surface area contributed by atoms with E-state index >= 15 is 0 Å². The van der Waals surface area contributed by atoms with Crippen molar-refractivity contribution in [3.05, 3.63) is 0 Å². The maximum atomic E-state index is 12.1. The molecule has 0 aromatic rings. The van der Waals surface area contributed by atoms with Crippen LogP contribution in [0.5, 0.6) is 0 Å². The Morgan fingerprint density at radius 1 is 1.40 bits per heavy atom. The zero-order chi connectivity index (χ0) is 15.0. The minimum atomic E-state index is -0.0859. The van der Waals surface area contributed by atoms with E-state index in [1.54, 1.807) is 7.05 Å². The molecule has 1 aliphatic heterocycles. The zero-order valence-electron chi connectivity index (χ0n) is 12.9. The lowest BCUT2D eigenvalue weighted by Crippen LogP contribution is -2.43. The third-order valence-corrected chi connectivity index (χ3v) is 3.60. The molecule has 20 heavy (non-hydrogen) atoms. The summed E-state index contributed by atoms with van der Waals surface area (Å²) in [5, 5.41) is 5.96. The van der Waals surface area contributed by atoms with E-state index in [-0.39, 0.29) is 18.4 Å². The molecule has 1 heterocycles. The van der Waals surface area contributed by atoms with E-state index in [4.69, 9.17) is 0 Å². The summed E-state index contributed by atoms with van der Waals surface area (Å²) in [6, 6.07) is 0. The molecule has 1 aliphatic rings. The van der Waals surface area contributed by atoms with Gasteiger partial charge in [0.25, 0.3) is 0 Å². The summed E-state index contributed by atoms with van der Waals surface area (Å²) >= 11 is 0. The first-order chi connectivity index (χ1) is 9.56. The molecule has 0 bridgehead atoms. The monoisotopic (exact) mass is 284 g/mol. The number of rotatable bonds is 8. The van der Waals surface area contributed by atoms with Crippen LogP contribution < -0.4 is 10.6 Å². The highest BCUT2D eigenvalue weighted by molar-refractivity contribution is 5.85. The molecule has 6 heteroatoms. The number of amides is 2. The van der Waals surface area contributed by atoms with E-state index < -0.39 is 0 Å². The van der Waals surface area contributed by atoms with Gasteiger partial charge in [-0.2, -0.15) is 0 Å².